The van der Waals surface area contributed by atoms with Crippen molar-refractivity contribution in [2.75, 3.05) is 37.6 Å². The smallest absolute Gasteiger partial charge is 0.193 e. The monoisotopic (exact) mass is 669 g/mol. The molecule has 3 aliphatic carbocycles. The van der Waals surface area contributed by atoms with Gasteiger partial charge in [0.1, 0.15) is 5.82 Å². The van der Waals surface area contributed by atoms with Crippen molar-refractivity contribution in [2.24, 2.45) is 5.41 Å². The number of carbonyl (C=O) groups is 1. The van der Waals surface area contributed by atoms with Crippen LogP contribution in [0.15, 0.2) is 109 Å². The number of carbonyl (C=O) groups excluding carboxylic acids is 1. The van der Waals surface area contributed by atoms with Crippen molar-refractivity contribution < 1.29 is 15.0 Å². The Bertz CT molecular complexity index is 1820. The van der Waals surface area contributed by atoms with Crippen LogP contribution >= 0.6 is 0 Å². The van der Waals surface area contributed by atoms with E-state index < -0.39 is 17.1 Å². The van der Waals surface area contributed by atoms with Gasteiger partial charge in [0.25, 0.3) is 0 Å². The van der Waals surface area contributed by atoms with Gasteiger partial charge in [-0.3, -0.25) is 9.69 Å². The van der Waals surface area contributed by atoms with E-state index in [1.165, 1.54) is 5.57 Å². The second kappa shape index (κ2) is 14.6. The highest BCUT2D eigenvalue weighted by Gasteiger charge is 2.57. The second-order valence-corrected chi connectivity index (χ2v) is 15.1. The van der Waals surface area contributed by atoms with Crippen LogP contribution in [0, 0.1) is 5.41 Å². The van der Waals surface area contributed by atoms with E-state index >= 15 is 0 Å². The number of β-amino-alcohol motifs (C(OH)–C–C–N with tert-alkyl or cyclic N) is 1. The molecule has 2 N–H and O–H groups in total. The zero-order valence-electron chi connectivity index (χ0n) is 29.6. The van der Waals surface area contributed by atoms with Gasteiger partial charge in [0.05, 0.1) is 11.7 Å². The number of allylic oxidation sites excluding steroid dienone is 2. The zero-order valence-corrected chi connectivity index (χ0v) is 29.6. The van der Waals surface area contributed by atoms with Gasteiger partial charge in [0, 0.05) is 55.5 Å². The second-order valence-electron chi connectivity index (χ2n) is 15.1. The van der Waals surface area contributed by atoms with Crippen molar-refractivity contribution in [2.45, 2.75) is 76.4 Å². The molecule has 0 amide bonds. The quantitative estimate of drug-likeness (QED) is 0.161. The molecule has 2 heterocycles. The van der Waals surface area contributed by atoms with Gasteiger partial charge in [-0.2, -0.15) is 0 Å². The average molecular weight is 670 g/mol. The highest BCUT2D eigenvalue weighted by molar-refractivity contribution is 6.13. The number of fused-ring (bicyclic) bond motifs is 8. The number of ketones is 1. The van der Waals surface area contributed by atoms with Gasteiger partial charge in [0.2, 0.25) is 0 Å². The summed E-state index contributed by atoms with van der Waals surface area (Å²) in [6.07, 6.45) is 8.87. The highest BCUT2D eigenvalue weighted by atomic mass is 16.3. The molecule has 50 heavy (non-hydrogen) atoms. The van der Waals surface area contributed by atoms with Crippen LogP contribution in [-0.4, -0.2) is 70.3 Å². The van der Waals surface area contributed by atoms with Crippen LogP contribution in [0.1, 0.15) is 85.3 Å². The Morgan fingerprint density at radius 2 is 1.64 bits per heavy atom. The Morgan fingerprint density at radius 1 is 0.880 bits per heavy atom. The number of hydrogen-bond acceptors (Lipinski definition) is 6. The van der Waals surface area contributed by atoms with Gasteiger partial charge in [-0.05, 0) is 98.2 Å². The van der Waals surface area contributed by atoms with E-state index in [-0.39, 0.29) is 11.7 Å². The molecule has 1 aromatic heterocycles. The third-order valence-corrected chi connectivity index (χ3v) is 12.0. The molecular weight excluding hydrogens is 619 g/mol. The molecule has 8 rings (SSSR count). The summed E-state index contributed by atoms with van der Waals surface area (Å²) in [6.45, 7) is 8.56. The molecule has 0 unspecified atom stereocenters. The predicted molar refractivity (Wildman–Crippen MR) is 202 cm³/mol. The van der Waals surface area contributed by atoms with E-state index in [2.05, 4.69) is 65.0 Å². The lowest BCUT2D eigenvalue weighted by Crippen LogP contribution is -2.56. The lowest BCUT2D eigenvalue weighted by Gasteiger charge is -2.47. The fourth-order valence-electron chi connectivity index (χ4n) is 8.94. The number of anilines is 1. The molecule has 1 aliphatic heterocycles. The minimum absolute atomic E-state index is 0.000709. The maximum absolute atomic E-state index is 14.9. The summed E-state index contributed by atoms with van der Waals surface area (Å²) in [5.74, 6) is 1.01. The molecular formula is C44H51N3O3. The van der Waals surface area contributed by atoms with Crippen LogP contribution in [-0.2, 0) is 6.42 Å². The van der Waals surface area contributed by atoms with Crippen LogP contribution in [0.3, 0.4) is 0 Å². The Kier molecular flexibility index (Phi) is 10.1. The number of aliphatic hydroxyl groups excluding tert-OH is 1. The van der Waals surface area contributed by atoms with Gasteiger partial charge in [0.15, 0.2) is 5.78 Å². The van der Waals surface area contributed by atoms with Crippen LogP contribution in [0.2, 0.25) is 0 Å². The van der Waals surface area contributed by atoms with Crippen molar-refractivity contribution >= 4 is 11.6 Å². The third kappa shape index (κ3) is 6.94. The molecule has 260 valence electrons. The normalized spacial score (nSPS) is 26.2. The minimum atomic E-state index is -0.916. The van der Waals surface area contributed by atoms with Gasteiger partial charge in [-0.25, -0.2) is 4.98 Å². The zero-order chi connectivity index (χ0) is 34.7. The topological polar surface area (TPSA) is 76.9 Å². The van der Waals surface area contributed by atoms with E-state index in [4.69, 9.17) is 0 Å². The fraction of sp³-hybridized carbons (Fsp3) is 0.409. The maximum atomic E-state index is 14.9. The number of piperazine rings is 1. The van der Waals surface area contributed by atoms with E-state index in [9.17, 15) is 15.0 Å². The number of aromatic nitrogens is 1. The van der Waals surface area contributed by atoms with Crippen LogP contribution in [0.4, 0.5) is 5.82 Å². The number of benzene rings is 3. The number of pyridine rings is 1. The minimum Gasteiger partial charge on any atom is -0.393 e. The largest absolute Gasteiger partial charge is 0.393 e. The van der Waals surface area contributed by atoms with E-state index in [1.54, 1.807) is 0 Å². The summed E-state index contributed by atoms with van der Waals surface area (Å²) in [6, 6.07) is 30.4. The summed E-state index contributed by atoms with van der Waals surface area (Å²) in [5, 5.41) is 23.9. The van der Waals surface area contributed by atoms with E-state index in [1.807, 2.05) is 66.9 Å². The number of nitrogens with zero attached hydrogens (tertiary/aromatic N) is 3. The van der Waals surface area contributed by atoms with Gasteiger partial charge < -0.3 is 15.1 Å². The Hall–Kier alpha value is -4.10. The van der Waals surface area contributed by atoms with Crippen LogP contribution < -0.4 is 4.90 Å². The maximum Gasteiger partial charge on any atom is 0.193 e. The first-order valence-electron chi connectivity index (χ1n) is 18.5. The lowest BCUT2D eigenvalue weighted by molar-refractivity contribution is -0.0841. The van der Waals surface area contributed by atoms with Crippen molar-refractivity contribution in [3.63, 3.8) is 0 Å². The first-order chi connectivity index (χ1) is 24.2. The van der Waals surface area contributed by atoms with Crippen molar-refractivity contribution in [1.82, 2.24) is 9.88 Å². The Balaban J connectivity index is 1.25. The summed E-state index contributed by atoms with van der Waals surface area (Å²) < 4.78 is 0. The SMILES string of the molecule is CC1=CCC[C@@]2(C)[C@@H](CC[C@@]2(O)CN2CCN(c3ccccn3)CC2)c2ccc(cc2C(=O)c2ccccc2-c2ccccc2)C[C@@H](O)CC1. The molecule has 4 aliphatic rings. The molecule has 1 saturated heterocycles. The van der Waals surface area contributed by atoms with Gasteiger partial charge in [-0.1, -0.05) is 91.4 Å². The molecule has 2 fully saturated rings. The third-order valence-electron chi connectivity index (χ3n) is 12.0. The van der Waals surface area contributed by atoms with Crippen molar-refractivity contribution in [3.05, 3.63) is 131 Å². The Labute approximate surface area is 297 Å². The molecule has 6 heteroatoms. The van der Waals surface area contributed by atoms with Crippen LogP contribution in [0.5, 0.6) is 0 Å². The molecule has 3 aromatic carbocycles. The molecule has 4 aromatic rings. The summed E-state index contributed by atoms with van der Waals surface area (Å²) >= 11 is 0. The molecule has 0 spiro atoms. The number of aliphatic hydroxyl groups is 2. The summed E-state index contributed by atoms with van der Waals surface area (Å²) in [4.78, 5) is 24.2. The summed E-state index contributed by atoms with van der Waals surface area (Å²) in [7, 11) is 0. The van der Waals surface area contributed by atoms with Gasteiger partial charge >= 0.3 is 0 Å². The molecule has 1 saturated carbocycles. The Morgan fingerprint density at radius 3 is 2.42 bits per heavy atom. The lowest BCUT2D eigenvalue weighted by atomic mass is 9.64. The molecule has 0 radical (unpaired) electrons. The number of hydrogen-bond donors (Lipinski definition) is 2. The van der Waals surface area contributed by atoms with Crippen molar-refractivity contribution in [3.8, 4) is 11.1 Å². The first-order valence-corrected chi connectivity index (χ1v) is 18.5. The first kappa shape index (κ1) is 34.4. The molecule has 2 bridgehead atoms. The number of rotatable bonds is 6. The van der Waals surface area contributed by atoms with E-state index in [0.717, 1.165) is 79.9 Å². The standard InChI is InChI=1S/C44H51N3O3/c1-32-11-10-22-43(2)40(21-23-44(43,50)31-46-25-27-47(28-26-46)41-16-8-9-24-45-41)37-20-18-33(29-35(48)19-17-32)30-39(37)42(49)38-15-7-6-14-36(38)34-12-4-3-5-13-34/h3-9,11-16,18,20,24,30,35,40,48,50H,10,17,19,21-23,25-29,31H2,1-2H3/t35-,40-,43-,44+/m0/s1. The van der Waals surface area contributed by atoms with Crippen LogP contribution in [0.25, 0.3) is 11.1 Å². The van der Waals surface area contributed by atoms with Gasteiger partial charge in [-0.15, -0.1) is 0 Å². The highest BCUT2D eigenvalue weighted by Crippen LogP contribution is 2.59. The summed E-state index contributed by atoms with van der Waals surface area (Å²) in [5.41, 5.74) is 5.22. The molecule has 4 atom stereocenters. The fourth-order valence-corrected chi connectivity index (χ4v) is 8.94. The van der Waals surface area contributed by atoms with Crippen molar-refractivity contribution in [1.29, 1.82) is 0 Å². The van der Waals surface area contributed by atoms with E-state index in [0.29, 0.717) is 36.9 Å². The predicted octanol–water partition coefficient (Wildman–Crippen LogP) is 7.84. The average Bonchev–Trinajstić information content (AvgIpc) is 3.39. The molecule has 6 nitrogen and oxygen atoms in total.